The molecule has 1 rings (SSSR count). The molecular formula is C13H24N4. The van der Waals surface area contributed by atoms with Crippen molar-refractivity contribution in [2.45, 2.75) is 38.8 Å². The standard InChI is InChI=1S/C13H24N4/c1-4-5-10-15-17-11(2)16-13-9-7-6-8-12(13)14-3/h4-7,12-15H,8-10H2,1-3H3,(H,16,17)/b5-4+/t12-,13+/m0/s1. The number of aliphatic imine (C=N–C) groups is 1. The van der Waals surface area contributed by atoms with E-state index in [0.717, 1.165) is 25.2 Å². The van der Waals surface area contributed by atoms with Crippen molar-refractivity contribution in [3.63, 3.8) is 0 Å². The van der Waals surface area contributed by atoms with Crippen molar-refractivity contribution in [2.75, 3.05) is 13.6 Å². The van der Waals surface area contributed by atoms with Gasteiger partial charge in [-0.25, -0.2) is 5.43 Å². The highest BCUT2D eigenvalue weighted by molar-refractivity contribution is 5.79. The lowest BCUT2D eigenvalue weighted by atomic mass is 9.97. The van der Waals surface area contributed by atoms with E-state index in [9.17, 15) is 0 Å². The average molecular weight is 236 g/mol. The number of likely N-dealkylation sites (N-methyl/N-ethyl adjacent to an activating group) is 1. The van der Waals surface area contributed by atoms with Crippen LogP contribution in [0.2, 0.25) is 0 Å². The lowest BCUT2D eigenvalue weighted by Gasteiger charge is -2.25. The zero-order valence-electron chi connectivity index (χ0n) is 11.0. The van der Waals surface area contributed by atoms with Gasteiger partial charge in [-0.1, -0.05) is 24.3 Å². The third-order valence-corrected chi connectivity index (χ3v) is 2.85. The minimum Gasteiger partial charge on any atom is -0.315 e. The number of nitrogens with one attached hydrogen (secondary N) is 3. The van der Waals surface area contributed by atoms with Gasteiger partial charge >= 0.3 is 0 Å². The summed E-state index contributed by atoms with van der Waals surface area (Å²) in [6.07, 6.45) is 10.6. The summed E-state index contributed by atoms with van der Waals surface area (Å²) in [6, 6.07) is 0.785. The normalized spacial score (nSPS) is 25.5. The molecule has 4 heteroatoms. The Balaban J connectivity index is 2.40. The molecule has 0 saturated carbocycles. The first-order valence-corrected chi connectivity index (χ1v) is 6.24. The van der Waals surface area contributed by atoms with Gasteiger partial charge < -0.3 is 10.7 Å². The zero-order chi connectivity index (χ0) is 12.5. The molecule has 0 radical (unpaired) electrons. The van der Waals surface area contributed by atoms with E-state index in [4.69, 9.17) is 4.99 Å². The second-order valence-corrected chi connectivity index (χ2v) is 4.19. The number of allylic oxidation sites excluding steroid dienone is 1. The van der Waals surface area contributed by atoms with Crippen molar-refractivity contribution in [1.29, 1.82) is 0 Å². The summed E-state index contributed by atoms with van der Waals surface area (Å²) in [7, 11) is 2.00. The molecule has 4 nitrogen and oxygen atoms in total. The van der Waals surface area contributed by atoms with E-state index in [2.05, 4.69) is 34.4 Å². The van der Waals surface area contributed by atoms with Crippen LogP contribution >= 0.6 is 0 Å². The van der Waals surface area contributed by atoms with Gasteiger partial charge in [0.25, 0.3) is 0 Å². The summed E-state index contributed by atoms with van der Waals surface area (Å²) in [5.74, 6) is 0.940. The lowest BCUT2D eigenvalue weighted by Crippen LogP contribution is -2.41. The molecule has 0 spiro atoms. The van der Waals surface area contributed by atoms with Gasteiger partial charge in [0.1, 0.15) is 5.84 Å². The average Bonchev–Trinajstić information content (AvgIpc) is 2.35. The van der Waals surface area contributed by atoms with E-state index in [1.54, 1.807) is 0 Å². The first kappa shape index (κ1) is 13.9. The van der Waals surface area contributed by atoms with Crippen molar-refractivity contribution < 1.29 is 0 Å². The minimum absolute atomic E-state index is 0.334. The highest BCUT2D eigenvalue weighted by Crippen LogP contribution is 2.15. The van der Waals surface area contributed by atoms with Gasteiger partial charge in [-0.3, -0.25) is 4.99 Å². The van der Waals surface area contributed by atoms with Gasteiger partial charge in [0.2, 0.25) is 0 Å². The van der Waals surface area contributed by atoms with Crippen LogP contribution in [0.25, 0.3) is 0 Å². The van der Waals surface area contributed by atoms with E-state index in [-0.39, 0.29) is 0 Å². The summed E-state index contributed by atoms with van der Waals surface area (Å²) in [6.45, 7) is 4.81. The van der Waals surface area contributed by atoms with Gasteiger partial charge in [-0.2, -0.15) is 0 Å². The molecule has 1 aliphatic rings. The molecule has 96 valence electrons. The maximum Gasteiger partial charge on any atom is 0.108 e. The molecule has 0 aromatic carbocycles. The first-order chi connectivity index (χ1) is 8.27. The van der Waals surface area contributed by atoms with Crippen LogP contribution in [-0.2, 0) is 0 Å². The Kier molecular flexibility index (Phi) is 6.58. The van der Waals surface area contributed by atoms with E-state index in [1.165, 1.54) is 0 Å². The Labute approximate surface area is 104 Å². The van der Waals surface area contributed by atoms with Crippen molar-refractivity contribution in [3.8, 4) is 0 Å². The topological polar surface area (TPSA) is 48.5 Å². The van der Waals surface area contributed by atoms with Crippen LogP contribution in [0.15, 0.2) is 29.3 Å². The van der Waals surface area contributed by atoms with Crippen LogP contribution in [0.4, 0.5) is 0 Å². The van der Waals surface area contributed by atoms with E-state index in [0.29, 0.717) is 12.1 Å². The second-order valence-electron chi connectivity index (χ2n) is 4.19. The quantitative estimate of drug-likeness (QED) is 0.222. The zero-order valence-corrected chi connectivity index (χ0v) is 11.0. The number of amidine groups is 1. The summed E-state index contributed by atoms with van der Waals surface area (Å²) >= 11 is 0. The van der Waals surface area contributed by atoms with Crippen LogP contribution < -0.4 is 16.2 Å². The number of hydrogen-bond donors (Lipinski definition) is 3. The van der Waals surface area contributed by atoms with Gasteiger partial charge in [-0.15, -0.1) is 0 Å². The SMILES string of the molecule is C/C=C/CNNC(C)=N[C@@H]1CC=CC[C@@H]1NC. The smallest absolute Gasteiger partial charge is 0.108 e. The van der Waals surface area contributed by atoms with Crippen molar-refractivity contribution in [1.82, 2.24) is 16.2 Å². The fourth-order valence-corrected chi connectivity index (χ4v) is 1.89. The molecule has 0 saturated heterocycles. The molecule has 0 amide bonds. The molecule has 0 aromatic heterocycles. The van der Waals surface area contributed by atoms with Crippen LogP contribution in [0.3, 0.4) is 0 Å². The highest BCUT2D eigenvalue weighted by atomic mass is 15.4. The van der Waals surface area contributed by atoms with Gasteiger partial charge in [-0.05, 0) is 33.7 Å². The number of rotatable bonds is 5. The lowest BCUT2D eigenvalue weighted by molar-refractivity contribution is 0.449. The fourth-order valence-electron chi connectivity index (χ4n) is 1.89. The maximum absolute atomic E-state index is 4.69. The Bertz CT molecular complexity index is 294. The predicted molar refractivity (Wildman–Crippen MR) is 74.1 cm³/mol. The summed E-state index contributed by atoms with van der Waals surface area (Å²) in [4.78, 5) is 4.69. The van der Waals surface area contributed by atoms with E-state index < -0.39 is 0 Å². The molecule has 0 aromatic rings. The monoisotopic (exact) mass is 236 g/mol. The van der Waals surface area contributed by atoms with Crippen molar-refractivity contribution >= 4 is 5.84 Å². The van der Waals surface area contributed by atoms with Gasteiger partial charge in [0.15, 0.2) is 0 Å². The van der Waals surface area contributed by atoms with Gasteiger partial charge in [0.05, 0.1) is 6.04 Å². The largest absolute Gasteiger partial charge is 0.315 e. The van der Waals surface area contributed by atoms with Crippen molar-refractivity contribution in [2.24, 2.45) is 4.99 Å². The molecule has 0 fully saturated rings. The molecule has 3 N–H and O–H groups in total. The predicted octanol–water partition coefficient (Wildman–Crippen LogP) is 1.38. The van der Waals surface area contributed by atoms with Crippen molar-refractivity contribution in [3.05, 3.63) is 24.3 Å². The summed E-state index contributed by atoms with van der Waals surface area (Å²) in [5, 5.41) is 3.32. The Morgan fingerprint density at radius 1 is 1.41 bits per heavy atom. The summed E-state index contributed by atoms with van der Waals surface area (Å²) in [5.41, 5.74) is 6.21. The first-order valence-electron chi connectivity index (χ1n) is 6.24. The molecule has 0 unspecified atom stereocenters. The third kappa shape index (κ3) is 5.15. The van der Waals surface area contributed by atoms with Gasteiger partial charge in [0, 0.05) is 12.6 Å². The number of hydrazine groups is 1. The summed E-state index contributed by atoms with van der Waals surface area (Å²) < 4.78 is 0. The number of hydrogen-bond acceptors (Lipinski definition) is 3. The van der Waals surface area contributed by atoms with Crippen LogP contribution in [0.5, 0.6) is 0 Å². The fraction of sp³-hybridized carbons (Fsp3) is 0.615. The van der Waals surface area contributed by atoms with E-state index in [1.807, 2.05) is 27.0 Å². The number of nitrogens with zero attached hydrogens (tertiary/aromatic N) is 1. The third-order valence-electron chi connectivity index (χ3n) is 2.85. The Morgan fingerprint density at radius 2 is 2.18 bits per heavy atom. The highest BCUT2D eigenvalue weighted by Gasteiger charge is 2.19. The van der Waals surface area contributed by atoms with Crippen LogP contribution in [-0.4, -0.2) is 31.5 Å². The molecule has 0 heterocycles. The Hall–Kier alpha value is -1.13. The molecular weight excluding hydrogens is 212 g/mol. The molecule has 0 aliphatic heterocycles. The molecule has 1 aliphatic carbocycles. The minimum atomic E-state index is 0.334. The maximum atomic E-state index is 4.69. The van der Waals surface area contributed by atoms with E-state index >= 15 is 0 Å². The molecule has 2 atom stereocenters. The second kappa shape index (κ2) is 8.03. The molecule has 17 heavy (non-hydrogen) atoms. The van der Waals surface area contributed by atoms with Crippen LogP contribution in [0, 0.1) is 0 Å². The van der Waals surface area contributed by atoms with Crippen LogP contribution in [0.1, 0.15) is 26.7 Å². The molecule has 0 bridgehead atoms. The Morgan fingerprint density at radius 3 is 2.88 bits per heavy atom.